The van der Waals surface area contributed by atoms with Crippen LogP contribution < -0.4 is 22.0 Å². The molecule has 0 saturated carbocycles. The molecule has 2 aromatic carbocycles. The number of halogens is 1. The lowest BCUT2D eigenvalue weighted by Crippen LogP contribution is -3.15. The van der Waals surface area contributed by atoms with E-state index in [0.29, 0.717) is 17.7 Å². The van der Waals surface area contributed by atoms with Gasteiger partial charge in [0.1, 0.15) is 5.75 Å². The maximum absolute atomic E-state index is 8.81. The maximum Gasteiger partial charge on any atom is 0.226 e. The average Bonchev–Trinajstić information content (AvgIpc) is 2.51. The molecule has 2 N–H and O–H groups in total. The lowest BCUT2D eigenvalue weighted by atomic mass is 10.0. The second kappa shape index (κ2) is 9.05. The number of amidine groups is 1. The first-order valence-corrected chi connectivity index (χ1v) is 8.43. The van der Waals surface area contributed by atoms with Crippen molar-refractivity contribution < 1.29 is 22.0 Å². The molecule has 2 rings (SSSR count). The Morgan fingerprint density at radius 1 is 0.958 bits per heavy atom. The molecule has 0 fully saturated rings. The minimum atomic E-state index is 0. The van der Waals surface area contributed by atoms with Crippen LogP contribution in [0.1, 0.15) is 33.3 Å². The van der Waals surface area contributed by atoms with Gasteiger partial charge in [-0.1, -0.05) is 52.0 Å². The van der Waals surface area contributed by atoms with Crippen LogP contribution in [0.5, 0.6) is 5.75 Å². The monoisotopic (exact) mass is 348 g/mol. The molecule has 0 saturated heterocycles. The van der Waals surface area contributed by atoms with Crippen LogP contribution in [-0.4, -0.2) is 26.0 Å². The zero-order valence-electron chi connectivity index (χ0n) is 15.3. The molecule has 4 heteroatoms. The molecule has 0 aliphatic carbocycles. The van der Waals surface area contributed by atoms with Crippen LogP contribution in [0.3, 0.4) is 0 Å². The molecule has 24 heavy (non-hydrogen) atoms. The fourth-order valence-electron chi connectivity index (χ4n) is 3.13. The highest BCUT2D eigenvalue weighted by Gasteiger charge is 2.22. The third-order valence-electron chi connectivity index (χ3n) is 4.04. The lowest BCUT2D eigenvalue weighted by Gasteiger charge is -2.24. The Morgan fingerprint density at radius 2 is 1.50 bits per heavy atom. The smallest absolute Gasteiger partial charge is 0.226 e. The Bertz CT molecular complexity index is 672. The Morgan fingerprint density at radius 3 is 2.00 bits per heavy atom. The summed E-state index contributed by atoms with van der Waals surface area (Å²) < 4.78 is 5.47. The number of ether oxygens (including phenoxy) is 1. The van der Waals surface area contributed by atoms with Gasteiger partial charge in [-0.05, 0) is 12.1 Å². The molecule has 2 aromatic rings. The van der Waals surface area contributed by atoms with Crippen LogP contribution in [-0.2, 0) is 0 Å². The summed E-state index contributed by atoms with van der Waals surface area (Å²) in [7, 11) is 1.70. The summed E-state index contributed by atoms with van der Waals surface area (Å²) >= 11 is 0. The van der Waals surface area contributed by atoms with E-state index >= 15 is 0 Å². The summed E-state index contributed by atoms with van der Waals surface area (Å²) in [4.78, 5) is 1.25. The summed E-state index contributed by atoms with van der Waals surface area (Å²) in [6, 6.07) is 12.2. The molecular weight excluding hydrogens is 320 g/mol. The van der Waals surface area contributed by atoms with Gasteiger partial charge in [-0.15, -0.1) is 0 Å². The molecule has 132 valence electrons. The van der Waals surface area contributed by atoms with Gasteiger partial charge in [0.05, 0.1) is 25.8 Å². The molecule has 0 bridgehead atoms. The highest BCUT2D eigenvalue weighted by atomic mass is 35.5. The predicted octanol–water partition coefficient (Wildman–Crippen LogP) is 0.375. The fourth-order valence-corrected chi connectivity index (χ4v) is 3.13. The number of hydrogen-bond donors (Lipinski definition) is 2. The van der Waals surface area contributed by atoms with E-state index in [-0.39, 0.29) is 12.4 Å². The van der Waals surface area contributed by atoms with E-state index in [1.165, 1.54) is 4.90 Å². The minimum Gasteiger partial charge on any atom is -1.00 e. The van der Waals surface area contributed by atoms with Gasteiger partial charge in [-0.25, -0.2) is 0 Å². The van der Waals surface area contributed by atoms with Crippen molar-refractivity contribution in [2.24, 2.45) is 11.8 Å². The number of rotatable bonds is 6. The Labute approximate surface area is 151 Å². The number of methoxy groups -OCH3 is 1. The predicted molar refractivity (Wildman–Crippen MR) is 97.7 cm³/mol. The van der Waals surface area contributed by atoms with Gasteiger partial charge >= 0.3 is 0 Å². The van der Waals surface area contributed by atoms with E-state index in [1.54, 1.807) is 7.11 Å². The fraction of sp³-hybridized carbons (Fsp3) is 0.450. The summed E-state index contributed by atoms with van der Waals surface area (Å²) in [5.41, 5.74) is 1.01. The highest BCUT2D eigenvalue weighted by molar-refractivity contribution is 6.06. The van der Waals surface area contributed by atoms with Gasteiger partial charge in [0.2, 0.25) is 5.84 Å². The van der Waals surface area contributed by atoms with Crippen molar-refractivity contribution in [3.8, 4) is 5.75 Å². The molecule has 0 amide bonds. The maximum atomic E-state index is 8.81. The van der Waals surface area contributed by atoms with Gasteiger partial charge in [0, 0.05) is 22.6 Å². The van der Waals surface area contributed by atoms with E-state index in [9.17, 15) is 0 Å². The van der Waals surface area contributed by atoms with Crippen LogP contribution in [0.4, 0.5) is 0 Å². The second-order valence-corrected chi connectivity index (χ2v) is 7.04. The van der Waals surface area contributed by atoms with Crippen LogP contribution in [0.15, 0.2) is 36.4 Å². The van der Waals surface area contributed by atoms with E-state index in [2.05, 4.69) is 39.8 Å². The molecule has 0 unspecified atom stereocenters. The second-order valence-electron chi connectivity index (χ2n) is 7.04. The molecule has 0 aliphatic rings. The van der Waals surface area contributed by atoms with Crippen molar-refractivity contribution in [1.29, 1.82) is 5.41 Å². The van der Waals surface area contributed by atoms with Crippen molar-refractivity contribution in [3.05, 3.63) is 42.0 Å². The molecule has 3 nitrogen and oxygen atoms in total. The Kier molecular flexibility index (Phi) is 7.71. The summed E-state index contributed by atoms with van der Waals surface area (Å²) in [6.07, 6.45) is 0. The standard InChI is InChI=1S/C20H28N2O.ClH/c1-14(2)12-22(13-15(3)4)20(21)18-10-11-19(23-5)17-9-7-6-8-16(17)18;/h6-11,14-15,21H,12-13H2,1-5H3;1H. The molecule has 0 heterocycles. The van der Waals surface area contributed by atoms with Gasteiger partial charge in [-0.3, -0.25) is 10.3 Å². The minimum absolute atomic E-state index is 0. The molecule has 0 radical (unpaired) electrons. The normalized spacial score (nSPS) is 11.2. The Balaban J connectivity index is 0.00000288. The van der Waals surface area contributed by atoms with Gasteiger partial charge < -0.3 is 17.1 Å². The first-order valence-electron chi connectivity index (χ1n) is 8.43. The largest absolute Gasteiger partial charge is 1.00 e. The van der Waals surface area contributed by atoms with E-state index in [1.807, 2.05) is 24.3 Å². The van der Waals surface area contributed by atoms with Crippen LogP contribution in [0.2, 0.25) is 0 Å². The number of fused-ring (bicyclic) bond motifs is 1. The first kappa shape index (κ1) is 20.5. The van der Waals surface area contributed by atoms with Crippen LogP contribution in [0, 0.1) is 17.2 Å². The quantitative estimate of drug-likeness (QED) is 0.574. The van der Waals surface area contributed by atoms with E-state index in [0.717, 1.165) is 35.2 Å². The van der Waals surface area contributed by atoms with Crippen molar-refractivity contribution >= 4 is 16.6 Å². The summed E-state index contributed by atoms with van der Waals surface area (Å²) in [6.45, 7) is 10.9. The molecule has 0 atom stereocenters. The molecule has 0 spiro atoms. The first-order chi connectivity index (χ1) is 10.9. The van der Waals surface area contributed by atoms with Gasteiger partial charge in [-0.2, -0.15) is 0 Å². The van der Waals surface area contributed by atoms with Crippen LogP contribution in [0.25, 0.3) is 10.8 Å². The van der Waals surface area contributed by atoms with Crippen LogP contribution >= 0.6 is 0 Å². The van der Waals surface area contributed by atoms with E-state index < -0.39 is 0 Å². The zero-order valence-corrected chi connectivity index (χ0v) is 16.1. The Hall–Kier alpha value is -1.58. The van der Waals surface area contributed by atoms with Crippen molar-refractivity contribution in [2.75, 3.05) is 20.2 Å². The zero-order chi connectivity index (χ0) is 17.0. The topological polar surface area (TPSA) is 37.5 Å². The SMILES string of the molecule is COc1ccc(C(=N)[NH+](CC(C)C)CC(C)C)c2ccccc12.[Cl-]. The third kappa shape index (κ3) is 4.71. The van der Waals surface area contributed by atoms with Crippen molar-refractivity contribution in [2.45, 2.75) is 27.7 Å². The number of nitrogens with one attached hydrogen (secondary N) is 2. The summed E-state index contributed by atoms with van der Waals surface area (Å²) in [5, 5.41) is 11.0. The number of quaternary nitrogens is 1. The third-order valence-corrected chi connectivity index (χ3v) is 4.04. The summed E-state index contributed by atoms with van der Waals surface area (Å²) in [5.74, 6) is 2.68. The molecular formula is C20H29ClN2O. The number of hydrogen-bond acceptors (Lipinski definition) is 2. The highest BCUT2D eigenvalue weighted by Crippen LogP contribution is 2.27. The molecule has 0 aromatic heterocycles. The number of benzene rings is 2. The molecule has 0 aliphatic heterocycles. The van der Waals surface area contributed by atoms with Crippen molar-refractivity contribution in [3.63, 3.8) is 0 Å². The van der Waals surface area contributed by atoms with E-state index in [4.69, 9.17) is 10.1 Å². The van der Waals surface area contributed by atoms with Crippen molar-refractivity contribution in [1.82, 2.24) is 0 Å². The average molecular weight is 349 g/mol. The van der Waals surface area contributed by atoms with Gasteiger partial charge in [0.15, 0.2) is 0 Å². The lowest BCUT2D eigenvalue weighted by molar-refractivity contribution is -0.813. The van der Waals surface area contributed by atoms with Gasteiger partial charge in [0.25, 0.3) is 0 Å².